The Morgan fingerprint density at radius 1 is 1.16 bits per heavy atom. The number of hydrogen-bond donors (Lipinski definition) is 3. The van der Waals surface area contributed by atoms with Gasteiger partial charge >= 0.3 is 0 Å². The van der Waals surface area contributed by atoms with E-state index >= 15 is 0 Å². The Balaban J connectivity index is 2.23. The van der Waals surface area contributed by atoms with Crippen LogP contribution in [0.4, 0.5) is 23.1 Å². The normalized spacial score (nSPS) is 10.2. The van der Waals surface area contributed by atoms with Gasteiger partial charge in [-0.25, -0.2) is 15.0 Å². The van der Waals surface area contributed by atoms with Crippen molar-refractivity contribution in [2.75, 3.05) is 22.9 Å². The molecule has 6 nitrogen and oxygen atoms in total. The van der Waals surface area contributed by atoms with Crippen molar-refractivity contribution in [2.45, 2.75) is 20.3 Å². The van der Waals surface area contributed by atoms with Crippen LogP contribution in [0.15, 0.2) is 24.7 Å². The molecule has 0 atom stereocenters. The Hall–Kier alpha value is -2.37. The van der Waals surface area contributed by atoms with Crippen LogP contribution in [-0.2, 0) is 0 Å². The van der Waals surface area contributed by atoms with E-state index in [4.69, 9.17) is 5.73 Å². The molecule has 0 aliphatic rings. The molecule has 0 aromatic carbocycles. The Bertz CT molecular complexity index is 555. The minimum Gasteiger partial charge on any atom is -0.393 e. The van der Waals surface area contributed by atoms with Crippen molar-refractivity contribution in [3.63, 3.8) is 0 Å². The topological polar surface area (TPSA) is 88.8 Å². The summed E-state index contributed by atoms with van der Waals surface area (Å²) in [6, 6.07) is 3.86. The lowest BCUT2D eigenvalue weighted by molar-refractivity contribution is 0.966. The van der Waals surface area contributed by atoms with Gasteiger partial charge in [0.05, 0.1) is 0 Å². The molecule has 0 spiro atoms. The predicted molar refractivity (Wildman–Crippen MR) is 77.5 cm³/mol. The molecule has 19 heavy (non-hydrogen) atoms. The standard InChI is InChI=1S/C13H18N6/c1-3-6-15-12-10(14)13(18-8-17-12)19-11-9(2)5-4-7-16-11/h4-5,7-8H,3,6,14H2,1-2H3,(H2,15,16,17,18,19). The third kappa shape index (κ3) is 3.09. The highest BCUT2D eigenvalue weighted by atomic mass is 15.1. The summed E-state index contributed by atoms with van der Waals surface area (Å²) in [5, 5.41) is 6.30. The highest BCUT2D eigenvalue weighted by Gasteiger charge is 2.09. The molecule has 2 aromatic rings. The van der Waals surface area contributed by atoms with Gasteiger partial charge in [0.25, 0.3) is 0 Å². The fraction of sp³-hybridized carbons (Fsp3) is 0.308. The molecule has 2 heterocycles. The van der Waals surface area contributed by atoms with Crippen LogP contribution in [-0.4, -0.2) is 21.5 Å². The number of anilines is 4. The zero-order valence-corrected chi connectivity index (χ0v) is 11.1. The SMILES string of the molecule is CCCNc1ncnc(Nc2ncccc2C)c1N. The minimum absolute atomic E-state index is 0.501. The minimum atomic E-state index is 0.501. The third-order valence-electron chi connectivity index (χ3n) is 2.67. The van der Waals surface area contributed by atoms with Crippen LogP contribution in [0, 0.1) is 6.92 Å². The Morgan fingerprint density at radius 2 is 1.95 bits per heavy atom. The molecule has 100 valence electrons. The molecule has 0 radical (unpaired) electrons. The predicted octanol–water partition coefficient (Wildman–Crippen LogP) is 2.33. The van der Waals surface area contributed by atoms with Crippen molar-refractivity contribution in [3.8, 4) is 0 Å². The monoisotopic (exact) mass is 258 g/mol. The lowest BCUT2D eigenvalue weighted by atomic mass is 10.3. The average Bonchev–Trinajstić information content (AvgIpc) is 2.42. The number of nitrogen functional groups attached to an aromatic ring is 1. The Labute approximate surface area is 112 Å². The second-order valence-corrected chi connectivity index (χ2v) is 4.21. The summed E-state index contributed by atoms with van der Waals surface area (Å²) >= 11 is 0. The first-order valence-corrected chi connectivity index (χ1v) is 6.25. The molecule has 6 heteroatoms. The van der Waals surface area contributed by atoms with Crippen molar-refractivity contribution in [3.05, 3.63) is 30.2 Å². The van der Waals surface area contributed by atoms with Crippen molar-refractivity contribution >= 4 is 23.1 Å². The van der Waals surface area contributed by atoms with Crippen molar-refractivity contribution in [2.24, 2.45) is 0 Å². The molecule has 4 N–H and O–H groups in total. The summed E-state index contributed by atoms with van der Waals surface area (Å²) in [4.78, 5) is 12.5. The van der Waals surface area contributed by atoms with Gasteiger partial charge in [-0.1, -0.05) is 13.0 Å². The Morgan fingerprint density at radius 3 is 2.68 bits per heavy atom. The summed E-state index contributed by atoms with van der Waals surface area (Å²) in [7, 11) is 0. The molecule has 0 aliphatic heterocycles. The third-order valence-corrected chi connectivity index (χ3v) is 2.67. The second-order valence-electron chi connectivity index (χ2n) is 4.21. The summed E-state index contributed by atoms with van der Waals surface area (Å²) in [5.41, 5.74) is 7.58. The van der Waals surface area contributed by atoms with Crippen molar-refractivity contribution in [1.82, 2.24) is 15.0 Å². The van der Waals surface area contributed by atoms with E-state index < -0.39 is 0 Å². The number of nitrogens with two attached hydrogens (primary N) is 1. The van der Waals surface area contributed by atoms with Gasteiger partial charge in [0, 0.05) is 12.7 Å². The van der Waals surface area contributed by atoms with Gasteiger partial charge in [-0.05, 0) is 25.0 Å². The zero-order valence-electron chi connectivity index (χ0n) is 11.1. The molecular weight excluding hydrogens is 240 g/mol. The van der Waals surface area contributed by atoms with E-state index in [9.17, 15) is 0 Å². The van der Waals surface area contributed by atoms with Crippen LogP contribution in [0.25, 0.3) is 0 Å². The van der Waals surface area contributed by atoms with E-state index in [0.717, 1.165) is 24.3 Å². The molecule has 0 amide bonds. The molecule has 2 aromatic heterocycles. The van der Waals surface area contributed by atoms with Gasteiger partial charge in [0.2, 0.25) is 0 Å². The van der Waals surface area contributed by atoms with E-state index in [2.05, 4.69) is 32.5 Å². The van der Waals surface area contributed by atoms with Gasteiger partial charge in [0.1, 0.15) is 17.8 Å². The van der Waals surface area contributed by atoms with Gasteiger partial charge < -0.3 is 16.4 Å². The highest BCUT2D eigenvalue weighted by molar-refractivity contribution is 5.77. The fourth-order valence-corrected chi connectivity index (χ4v) is 1.61. The van der Waals surface area contributed by atoms with Crippen LogP contribution in [0.5, 0.6) is 0 Å². The summed E-state index contributed by atoms with van der Waals surface area (Å²) in [5.74, 6) is 1.96. The quantitative estimate of drug-likeness (QED) is 0.762. The maximum atomic E-state index is 6.04. The van der Waals surface area contributed by atoms with Crippen LogP contribution in [0.1, 0.15) is 18.9 Å². The van der Waals surface area contributed by atoms with Crippen molar-refractivity contribution in [1.29, 1.82) is 0 Å². The Kier molecular flexibility index (Phi) is 4.12. The number of hydrogen-bond acceptors (Lipinski definition) is 6. The van der Waals surface area contributed by atoms with Crippen LogP contribution < -0.4 is 16.4 Å². The van der Waals surface area contributed by atoms with Gasteiger partial charge in [-0.3, -0.25) is 0 Å². The van der Waals surface area contributed by atoms with Gasteiger partial charge in [-0.2, -0.15) is 0 Å². The number of nitrogens with zero attached hydrogens (tertiary/aromatic N) is 3. The van der Waals surface area contributed by atoms with Crippen LogP contribution in [0.3, 0.4) is 0 Å². The number of rotatable bonds is 5. The maximum absolute atomic E-state index is 6.04. The molecule has 0 unspecified atom stereocenters. The lowest BCUT2D eigenvalue weighted by Crippen LogP contribution is -2.09. The number of pyridine rings is 1. The molecular formula is C13H18N6. The summed E-state index contributed by atoms with van der Waals surface area (Å²) in [6.45, 7) is 4.88. The highest BCUT2D eigenvalue weighted by Crippen LogP contribution is 2.25. The maximum Gasteiger partial charge on any atom is 0.160 e. The molecule has 0 saturated heterocycles. The zero-order chi connectivity index (χ0) is 13.7. The average molecular weight is 258 g/mol. The molecule has 0 fully saturated rings. The number of nitrogens with one attached hydrogen (secondary N) is 2. The molecule has 0 aliphatic carbocycles. The summed E-state index contributed by atoms with van der Waals surface area (Å²) in [6.07, 6.45) is 4.21. The summed E-state index contributed by atoms with van der Waals surface area (Å²) < 4.78 is 0. The molecule has 0 bridgehead atoms. The smallest absolute Gasteiger partial charge is 0.160 e. The van der Waals surface area contributed by atoms with E-state index in [1.165, 1.54) is 6.33 Å². The first-order valence-electron chi connectivity index (χ1n) is 6.25. The number of aromatic nitrogens is 3. The van der Waals surface area contributed by atoms with Gasteiger partial charge in [-0.15, -0.1) is 0 Å². The van der Waals surface area contributed by atoms with Crippen molar-refractivity contribution < 1.29 is 0 Å². The van der Waals surface area contributed by atoms with E-state index in [1.54, 1.807) is 6.20 Å². The van der Waals surface area contributed by atoms with Crippen LogP contribution in [0.2, 0.25) is 0 Å². The largest absolute Gasteiger partial charge is 0.393 e. The van der Waals surface area contributed by atoms with E-state index in [0.29, 0.717) is 17.3 Å². The van der Waals surface area contributed by atoms with E-state index in [1.807, 2.05) is 19.1 Å². The first-order chi connectivity index (χ1) is 9.22. The lowest BCUT2D eigenvalue weighted by Gasteiger charge is -2.12. The fourth-order valence-electron chi connectivity index (χ4n) is 1.61. The first kappa shape index (κ1) is 13.1. The van der Waals surface area contributed by atoms with Crippen LogP contribution >= 0.6 is 0 Å². The molecule has 0 saturated carbocycles. The molecule has 2 rings (SSSR count). The van der Waals surface area contributed by atoms with E-state index in [-0.39, 0.29) is 0 Å². The van der Waals surface area contributed by atoms with Gasteiger partial charge in [0.15, 0.2) is 11.6 Å². The second kappa shape index (κ2) is 5.99. The number of aryl methyl sites for hydroxylation is 1.